The number of amides is 1. The van der Waals surface area contributed by atoms with Crippen LogP contribution >= 0.6 is 11.8 Å². The van der Waals surface area contributed by atoms with Crippen molar-refractivity contribution in [2.75, 3.05) is 11.1 Å². The van der Waals surface area contributed by atoms with E-state index in [4.69, 9.17) is 0 Å². The van der Waals surface area contributed by atoms with E-state index in [9.17, 15) is 4.79 Å². The number of aryl methyl sites for hydroxylation is 1. The van der Waals surface area contributed by atoms with Gasteiger partial charge in [-0.2, -0.15) is 4.68 Å². The van der Waals surface area contributed by atoms with Gasteiger partial charge in [0.1, 0.15) is 0 Å². The molecule has 0 aliphatic rings. The number of anilines is 1. The smallest absolute Gasteiger partial charge is 0.234 e. The van der Waals surface area contributed by atoms with Gasteiger partial charge in [-0.1, -0.05) is 84.1 Å². The summed E-state index contributed by atoms with van der Waals surface area (Å²) in [5.74, 6) is 0.0954. The molecule has 31 heavy (non-hydrogen) atoms. The Labute approximate surface area is 185 Å². The first-order valence-electron chi connectivity index (χ1n) is 9.79. The molecule has 6 nitrogen and oxygen atoms in total. The zero-order valence-electron chi connectivity index (χ0n) is 17.0. The van der Waals surface area contributed by atoms with Gasteiger partial charge in [-0.25, -0.2) is 0 Å². The number of rotatable bonds is 7. The Morgan fingerprint density at radius 2 is 1.61 bits per heavy atom. The summed E-state index contributed by atoms with van der Waals surface area (Å²) in [5.41, 5.74) is 4.98. The molecule has 4 aromatic rings. The van der Waals surface area contributed by atoms with Gasteiger partial charge in [0.15, 0.2) is 0 Å². The van der Waals surface area contributed by atoms with Gasteiger partial charge in [0.2, 0.25) is 11.1 Å². The number of nitrogens with one attached hydrogen (secondary N) is 1. The molecule has 1 amide bonds. The SMILES string of the molecule is Cc1ccc(-n2nnnc2SCC(=O)Nc2ccc(/C=C/c3ccccc3)cc2)cc1. The van der Waals surface area contributed by atoms with Crippen LogP contribution in [0.4, 0.5) is 5.69 Å². The number of aromatic nitrogens is 4. The van der Waals surface area contributed by atoms with Crippen LogP contribution in [-0.2, 0) is 4.79 Å². The molecule has 0 saturated carbocycles. The highest BCUT2D eigenvalue weighted by atomic mass is 32.2. The second-order valence-corrected chi connectivity index (χ2v) is 7.85. The molecular formula is C24H21N5OS. The van der Waals surface area contributed by atoms with E-state index in [0.717, 1.165) is 28.1 Å². The lowest BCUT2D eigenvalue weighted by Gasteiger charge is -2.06. The quantitative estimate of drug-likeness (QED) is 0.336. The molecule has 0 fully saturated rings. The van der Waals surface area contributed by atoms with E-state index in [-0.39, 0.29) is 11.7 Å². The molecule has 0 bridgehead atoms. The summed E-state index contributed by atoms with van der Waals surface area (Å²) in [5, 5.41) is 15.3. The lowest BCUT2D eigenvalue weighted by atomic mass is 10.1. The maximum absolute atomic E-state index is 12.4. The largest absolute Gasteiger partial charge is 0.325 e. The Balaban J connectivity index is 1.32. The number of nitrogens with zero attached hydrogens (tertiary/aromatic N) is 4. The minimum atomic E-state index is -0.115. The predicted molar refractivity (Wildman–Crippen MR) is 125 cm³/mol. The minimum Gasteiger partial charge on any atom is -0.325 e. The number of tetrazole rings is 1. The van der Waals surface area contributed by atoms with E-state index in [1.54, 1.807) is 4.68 Å². The molecule has 0 atom stereocenters. The van der Waals surface area contributed by atoms with Crippen molar-refractivity contribution in [2.24, 2.45) is 0 Å². The number of carbonyl (C=O) groups excluding carboxylic acids is 1. The van der Waals surface area contributed by atoms with Crippen LogP contribution < -0.4 is 5.32 Å². The summed E-state index contributed by atoms with van der Waals surface area (Å²) in [7, 11) is 0. The van der Waals surface area contributed by atoms with Crippen LogP contribution in [-0.4, -0.2) is 31.9 Å². The normalized spacial score (nSPS) is 11.0. The van der Waals surface area contributed by atoms with Crippen molar-refractivity contribution in [1.29, 1.82) is 0 Å². The Hall–Kier alpha value is -3.71. The highest BCUT2D eigenvalue weighted by molar-refractivity contribution is 7.99. The topological polar surface area (TPSA) is 72.7 Å². The molecule has 4 rings (SSSR count). The Kier molecular flexibility index (Phi) is 6.54. The Morgan fingerprint density at radius 3 is 2.32 bits per heavy atom. The van der Waals surface area contributed by atoms with Crippen molar-refractivity contribution in [3.8, 4) is 5.69 Å². The van der Waals surface area contributed by atoms with E-state index >= 15 is 0 Å². The average Bonchev–Trinajstić information content (AvgIpc) is 3.27. The zero-order chi connectivity index (χ0) is 21.5. The summed E-state index contributed by atoms with van der Waals surface area (Å²) >= 11 is 1.29. The van der Waals surface area contributed by atoms with Crippen LogP contribution in [0, 0.1) is 6.92 Å². The van der Waals surface area contributed by atoms with Crippen LogP contribution in [0.5, 0.6) is 0 Å². The van der Waals surface area contributed by atoms with Gasteiger partial charge in [0.05, 0.1) is 11.4 Å². The fourth-order valence-corrected chi connectivity index (χ4v) is 3.57. The average molecular weight is 428 g/mol. The number of thioether (sulfide) groups is 1. The fraction of sp³-hybridized carbons (Fsp3) is 0.0833. The van der Waals surface area contributed by atoms with Crippen LogP contribution in [0.15, 0.2) is 84.0 Å². The minimum absolute atomic E-state index is 0.115. The lowest BCUT2D eigenvalue weighted by molar-refractivity contribution is -0.113. The summed E-state index contributed by atoms with van der Waals surface area (Å²) < 4.78 is 1.63. The molecule has 7 heteroatoms. The predicted octanol–water partition coefficient (Wildman–Crippen LogP) is 4.87. The lowest BCUT2D eigenvalue weighted by Crippen LogP contribution is -2.14. The van der Waals surface area contributed by atoms with Gasteiger partial charge in [-0.05, 0) is 52.7 Å². The van der Waals surface area contributed by atoms with Crippen LogP contribution in [0.1, 0.15) is 16.7 Å². The second-order valence-electron chi connectivity index (χ2n) is 6.91. The molecule has 0 spiro atoms. The van der Waals surface area contributed by atoms with Crippen molar-refractivity contribution in [3.05, 3.63) is 95.6 Å². The first kappa shape index (κ1) is 20.6. The molecule has 3 aromatic carbocycles. The summed E-state index contributed by atoms with van der Waals surface area (Å²) in [6.45, 7) is 2.02. The van der Waals surface area contributed by atoms with Gasteiger partial charge in [0.25, 0.3) is 0 Å². The van der Waals surface area contributed by atoms with Crippen LogP contribution in [0.2, 0.25) is 0 Å². The number of benzene rings is 3. The number of carbonyl (C=O) groups is 1. The first-order chi connectivity index (χ1) is 15.2. The monoisotopic (exact) mass is 427 g/mol. The van der Waals surface area contributed by atoms with Gasteiger partial charge < -0.3 is 5.32 Å². The van der Waals surface area contributed by atoms with E-state index in [2.05, 4.69) is 39.1 Å². The van der Waals surface area contributed by atoms with Crippen molar-refractivity contribution >= 4 is 35.5 Å². The van der Waals surface area contributed by atoms with Crippen molar-refractivity contribution < 1.29 is 4.79 Å². The highest BCUT2D eigenvalue weighted by Gasteiger charge is 2.11. The molecule has 1 aromatic heterocycles. The van der Waals surface area contributed by atoms with Gasteiger partial charge in [0, 0.05) is 5.69 Å². The Morgan fingerprint density at radius 1 is 0.935 bits per heavy atom. The van der Waals surface area contributed by atoms with E-state index in [1.807, 2.05) is 79.7 Å². The molecule has 0 aliphatic carbocycles. The van der Waals surface area contributed by atoms with Crippen molar-refractivity contribution in [3.63, 3.8) is 0 Å². The van der Waals surface area contributed by atoms with Crippen LogP contribution in [0.3, 0.4) is 0 Å². The molecular weight excluding hydrogens is 406 g/mol. The molecule has 0 aliphatic heterocycles. The van der Waals surface area contributed by atoms with Crippen molar-refractivity contribution in [2.45, 2.75) is 12.1 Å². The fourth-order valence-electron chi connectivity index (χ4n) is 2.88. The first-order valence-corrected chi connectivity index (χ1v) is 10.8. The second kappa shape index (κ2) is 9.86. The van der Waals surface area contributed by atoms with E-state index in [0.29, 0.717) is 5.16 Å². The third-order valence-electron chi connectivity index (χ3n) is 4.51. The summed E-state index contributed by atoms with van der Waals surface area (Å²) in [6.07, 6.45) is 4.10. The van der Waals surface area contributed by atoms with E-state index < -0.39 is 0 Å². The third-order valence-corrected chi connectivity index (χ3v) is 5.43. The van der Waals surface area contributed by atoms with Gasteiger partial charge in [-0.3, -0.25) is 4.79 Å². The van der Waals surface area contributed by atoms with Gasteiger partial charge >= 0.3 is 0 Å². The van der Waals surface area contributed by atoms with Crippen LogP contribution in [0.25, 0.3) is 17.8 Å². The number of hydrogen-bond donors (Lipinski definition) is 1. The zero-order valence-corrected chi connectivity index (χ0v) is 17.8. The number of hydrogen-bond acceptors (Lipinski definition) is 5. The maximum Gasteiger partial charge on any atom is 0.234 e. The maximum atomic E-state index is 12.4. The summed E-state index contributed by atoms with van der Waals surface area (Å²) in [6, 6.07) is 25.7. The van der Waals surface area contributed by atoms with E-state index in [1.165, 1.54) is 11.8 Å². The summed E-state index contributed by atoms with van der Waals surface area (Å²) in [4.78, 5) is 12.4. The molecule has 0 saturated heterocycles. The molecule has 0 unspecified atom stereocenters. The molecule has 1 heterocycles. The molecule has 1 N–H and O–H groups in total. The molecule has 0 radical (unpaired) electrons. The Bertz CT molecular complexity index is 1170. The van der Waals surface area contributed by atoms with Gasteiger partial charge in [-0.15, -0.1) is 5.10 Å². The molecule has 154 valence electrons. The van der Waals surface area contributed by atoms with Crippen molar-refractivity contribution in [1.82, 2.24) is 20.2 Å². The standard InChI is InChI=1S/C24H21N5OS/c1-18-7-15-22(16-8-18)29-24(26-27-28-29)31-17-23(30)25-21-13-11-20(12-14-21)10-9-19-5-3-2-4-6-19/h2-16H,17H2,1H3,(H,25,30)/b10-9+. The highest BCUT2D eigenvalue weighted by Crippen LogP contribution is 2.19. The third kappa shape index (κ3) is 5.67.